The summed E-state index contributed by atoms with van der Waals surface area (Å²) in [6.07, 6.45) is -7.87. The van der Waals surface area contributed by atoms with Crippen LogP contribution in [0.2, 0.25) is 0 Å². The van der Waals surface area contributed by atoms with Gasteiger partial charge in [0.25, 0.3) is 0 Å². The molecular formula is C24H40N2O11. The molecule has 0 aliphatic carbocycles. The van der Waals surface area contributed by atoms with E-state index in [4.69, 9.17) is 18.9 Å². The molecule has 212 valence electrons. The van der Waals surface area contributed by atoms with Crippen LogP contribution in [0.1, 0.15) is 41.5 Å². The predicted octanol–water partition coefficient (Wildman–Crippen LogP) is -1.88. The Bertz CT molecular complexity index is 866. The van der Waals surface area contributed by atoms with E-state index in [0.717, 1.165) is 0 Å². The molecule has 2 saturated heterocycles. The van der Waals surface area contributed by atoms with E-state index in [1.165, 1.54) is 34.6 Å². The monoisotopic (exact) mass is 532 g/mol. The van der Waals surface area contributed by atoms with Crippen molar-refractivity contribution in [2.75, 3.05) is 19.8 Å². The van der Waals surface area contributed by atoms with Crippen LogP contribution in [-0.4, -0.2) is 112 Å². The van der Waals surface area contributed by atoms with E-state index in [-0.39, 0.29) is 18.7 Å². The second-order valence-corrected chi connectivity index (χ2v) is 10.1. The molecule has 0 aromatic carbocycles. The zero-order chi connectivity index (χ0) is 28.3. The van der Waals surface area contributed by atoms with Crippen LogP contribution < -0.4 is 10.6 Å². The fourth-order valence-corrected chi connectivity index (χ4v) is 4.57. The van der Waals surface area contributed by atoms with Crippen molar-refractivity contribution in [1.82, 2.24) is 10.6 Å². The minimum Gasteiger partial charge on any atom is -0.460 e. The van der Waals surface area contributed by atoms with Gasteiger partial charge >= 0.3 is 5.97 Å². The number of aliphatic hydroxyl groups excluding tert-OH is 3. The Labute approximate surface area is 216 Å². The zero-order valence-corrected chi connectivity index (χ0v) is 22.1. The van der Waals surface area contributed by atoms with E-state index in [0.29, 0.717) is 0 Å². The van der Waals surface area contributed by atoms with Crippen molar-refractivity contribution in [3.05, 3.63) is 12.2 Å². The second kappa shape index (κ2) is 12.2. The third-order valence-electron chi connectivity index (χ3n) is 7.08. The molecule has 2 rings (SSSR count). The molecule has 4 unspecified atom stereocenters. The number of carbonyl (C=O) groups excluding carboxylic acids is 3. The van der Waals surface area contributed by atoms with Crippen molar-refractivity contribution in [2.45, 2.75) is 95.6 Å². The van der Waals surface area contributed by atoms with E-state index in [1.807, 2.05) is 0 Å². The third-order valence-corrected chi connectivity index (χ3v) is 7.08. The van der Waals surface area contributed by atoms with Crippen LogP contribution in [0.25, 0.3) is 0 Å². The Hall–Kier alpha value is -2.13. The first-order valence-corrected chi connectivity index (χ1v) is 12.1. The van der Waals surface area contributed by atoms with Crippen LogP contribution >= 0.6 is 0 Å². The van der Waals surface area contributed by atoms with Gasteiger partial charge in [0.15, 0.2) is 6.29 Å². The van der Waals surface area contributed by atoms with Crippen LogP contribution in [0, 0.1) is 5.92 Å². The lowest BCUT2D eigenvalue weighted by atomic mass is 9.78. The molecule has 2 fully saturated rings. The molecule has 0 saturated carbocycles. The number of hydrogen-bond donors (Lipinski definition) is 6. The van der Waals surface area contributed by atoms with Gasteiger partial charge in [-0.3, -0.25) is 9.59 Å². The standard InChI is InChI=1S/C24H40N2O11/c1-11(2)21(32)34-9-8-25-20(31)16-12(3)23(6,33)19(30)22(36-16)37-24(7)17(26-14(5)28)13(4)35-15(10-27)18(24)29/h12-13,15-19,22,27,29-30,33H,1,8-10H2,2-7H3,(H,25,31)(H,26,28)/t12-,13-,15?,16?,17?,18+,19?,22-,23-,24+/m0/s1. The summed E-state index contributed by atoms with van der Waals surface area (Å²) in [4.78, 5) is 36.3. The van der Waals surface area contributed by atoms with Crippen molar-refractivity contribution >= 4 is 17.8 Å². The largest absolute Gasteiger partial charge is 0.460 e. The van der Waals surface area contributed by atoms with Gasteiger partial charge in [-0.05, 0) is 27.7 Å². The summed E-state index contributed by atoms with van der Waals surface area (Å²) in [6, 6.07) is -0.946. The molecule has 0 spiro atoms. The summed E-state index contributed by atoms with van der Waals surface area (Å²) in [6.45, 7) is 11.4. The highest BCUT2D eigenvalue weighted by Crippen LogP contribution is 2.40. The highest BCUT2D eigenvalue weighted by Gasteiger charge is 2.59. The Balaban J connectivity index is 2.26. The van der Waals surface area contributed by atoms with E-state index >= 15 is 0 Å². The smallest absolute Gasteiger partial charge is 0.333 e. The SMILES string of the molecule is C=C(C)C(=O)OCCNC(=O)C1O[C@@H](O[C@]2(C)C(NC(C)=O)[C@H](C)OC(CO)[C@H]2O)C(O)[C@@](C)(O)[C@H]1C. The maximum absolute atomic E-state index is 12.9. The fraction of sp³-hybridized carbons (Fsp3) is 0.792. The molecular weight excluding hydrogens is 492 g/mol. The summed E-state index contributed by atoms with van der Waals surface area (Å²) < 4.78 is 22.4. The Morgan fingerprint density at radius 1 is 1.08 bits per heavy atom. The number of nitrogens with one attached hydrogen (secondary N) is 2. The average molecular weight is 533 g/mol. The molecule has 0 radical (unpaired) electrons. The number of amides is 2. The van der Waals surface area contributed by atoms with Crippen LogP contribution in [0.4, 0.5) is 0 Å². The normalized spacial score (nSPS) is 39.9. The van der Waals surface area contributed by atoms with Gasteiger partial charge in [0.05, 0.1) is 30.9 Å². The fourth-order valence-electron chi connectivity index (χ4n) is 4.57. The van der Waals surface area contributed by atoms with Crippen molar-refractivity contribution in [2.24, 2.45) is 5.92 Å². The molecule has 6 N–H and O–H groups in total. The van der Waals surface area contributed by atoms with Gasteiger partial charge in [-0.2, -0.15) is 0 Å². The van der Waals surface area contributed by atoms with Crippen molar-refractivity contribution < 1.29 is 53.8 Å². The molecule has 0 aromatic heterocycles. The van der Waals surface area contributed by atoms with Gasteiger partial charge in [0.2, 0.25) is 11.8 Å². The summed E-state index contributed by atoms with van der Waals surface area (Å²) >= 11 is 0. The maximum Gasteiger partial charge on any atom is 0.333 e. The molecule has 2 aliphatic heterocycles. The predicted molar refractivity (Wildman–Crippen MR) is 128 cm³/mol. The third kappa shape index (κ3) is 6.66. The molecule has 37 heavy (non-hydrogen) atoms. The van der Waals surface area contributed by atoms with E-state index in [1.54, 1.807) is 6.92 Å². The molecule has 0 aromatic rings. The highest BCUT2D eigenvalue weighted by atomic mass is 16.7. The molecule has 10 atom stereocenters. The molecule has 2 amide bonds. The lowest BCUT2D eigenvalue weighted by molar-refractivity contribution is -0.356. The molecule has 13 heteroatoms. The Morgan fingerprint density at radius 3 is 2.24 bits per heavy atom. The number of esters is 1. The average Bonchev–Trinajstić information content (AvgIpc) is 2.82. The second-order valence-electron chi connectivity index (χ2n) is 10.1. The van der Waals surface area contributed by atoms with Crippen LogP contribution in [0.15, 0.2) is 12.2 Å². The van der Waals surface area contributed by atoms with Crippen LogP contribution in [0.5, 0.6) is 0 Å². The molecule has 2 aliphatic rings. The molecule has 2 heterocycles. The topological polar surface area (TPSA) is 193 Å². The molecule has 0 bridgehead atoms. The van der Waals surface area contributed by atoms with E-state index in [9.17, 15) is 34.8 Å². The van der Waals surface area contributed by atoms with Crippen LogP contribution in [-0.2, 0) is 33.3 Å². The quantitative estimate of drug-likeness (QED) is 0.111. The zero-order valence-electron chi connectivity index (χ0n) is 22.1. The van der Waals surface area contributed by atoms with Crippen molar-refractivity contribution in [3.8, 4) is 0 Å². The van der Waals surface area contributed by atoms with Gasteiger partial charge in [-0.15, -0.1) is 0 Å². The first kappa shape index (κ1) is 31.1. The summed E-state index contributed by atoms with van der Waals surface area (Å²) in [7, 11) is 0. The van der Waals surface area contributed by atoms with Crippen LogP contribution in [0.3, 0.4) is 0 Å². The van der Waals surface area contributed by atoms with E-state index in [2.05, 4.69) is 17.2 Å². The minimum atomic E-state index is -1.87. The van der Waals surface area contributed by atoms with Gasteiger partial charge in [-0.25, -0.2) is 4.79 Å². The van der Waals surface area contributed by atoms with Gasteiger partial charge < -0.3 is 50.0 Å². The maximum atomic E-state index is 12.9. The number of rotatable bonds is 9. The summed E-state index contributed by atoms with van der Waals surface area (Å²) in [5.41, 5.74) is -3.33. The van der Waals surface area contributed by atoms with Crippen molar-refractivity contribution in [1.29, 1.82) is 0 Å². The lowest BCUT2D eigenvalue weighted by Gasteiger charge is -2.54. The molecule has 13 nitrogen and oxygen atoms in total. The summed E-state index contributed by atoms with van der Waals surface area (Å²) in [5.74, 6) is -2.61. The number of ether oxygens (including phenoxy) is 4. The Kier molecular flexibility index (Phi) is 10.2. The number of aliphatic hydroxyl groups is 4. The number of hydrogen-bond acceptors (Lipinski definition) is 11. The lowest BCUT2D eigenvalue weighted by Crippen LogP contribution is -2.73. The van der Waals surface area contributed by atoms with E-state index < -0.39 is 84.4 Å². The Morgan fingerprint density at radius 2 is 1.70 bits per heavy atom. The first-order valence-electron chi connectivity index (χ1n) is 12.1. The van der Waals surface area contributed by atoms with Crippen molar-refractivity contribution in [3.63, 3.8) is 0 Å². The highest BCUT2D eigenvalue weighted by molar-refractivity contribution is 5.87. The number of carbonyl (C=O) groups is 3. The van der Waals surface area contributed by atoms with Gasteiger partial charge in [0.1, 0.15) is 36.6 Å². The summed E-state index contributed by atoms with van der Waals surface area (Å²) in [5, 5.41) is 47.9. The first-order chi connectivity index (χ1) is 17.1. The van der Waals surface area contributed by atoms with Gasteiger partial charge in [0, 0.05) is 18.4 Å². The van der Waals surface area contributed by atoms with Gasteiger partial charge in [-0.1, -0.05) is 13.5 Å². The minimum absolute atomic E-state index is 0.0469.